The van der Waals surface area contributed by atoms with E-state index in [1.54, 1.807) is 17.5 Å². The van der Waals surface area contributed by atoms with Crippen LogP contribution in [0, 0.1) is 0 Å². The minimum atomic E-state index is -4.54. The van der Waals surface area contributed by atoms with Gasteiger partial charge in [0.1, 0.15) is 5.75 Å². The number of hydrogen-bond acceptors (Lipinski definition) is 3. The quantitative estimate of drug-likeness (QED) is 0.631. The van der Waals surface area contributed by atoms with Gasteiger partial charge in [-0.15, -0.1) is 11.3 Å². The minimum Gasteiger partial charge on any atom is -0.426 e. The Labute approximate surface area is 111 Å². The smallest absolute Gasteiger partial charge is 0.419 e. The standard InChI is InChI=1S/C13H9F3O2S/c14-13(15,16)10-5-1-2-6-11(10)18-12(17)8-9-4-3-7-19-9/h1-7H,8H2. The lowest BCUT2D eigenvalue weighted by molar-refractivity contribution is -0.142. The second-order valence-electron chi connectivity index (χ2n) is 3.72. The summed E-state index contributed by atoms with van der Waals surface area (Å²) >= 11 is 1.35. The van der Waals surface area contributed by atoms with Gasteiger partial charge in [0.15, 0.2) is 0 Å². The van der Waals surface area contributed by atoms with Crippen molar-refractivity contribution in [1.29, 1.82) is 0 Å². The largest absolute Gasteiger partial charge is 0.426 e. The van der Waals surface area contributed by atoms with E-state index >= 15 is 0 Å². The molecule has 0 radical (unpaired) electrons. The number of para-hydroxylation sites is 1. The number of halogens is 3. The molecule has 2 rings (SSSR count). The zero-order valence-corrected chi connectivity index (χ0v) is 10.4. The summed E-state index contributed by atoms with van der Waals surface area (Å²) < 4.78 is 42.9. The summed E-state index contributed by atoms with van der Waals surface area (Å²) in [6.07, 6.45) is -4.58. The molecular weight excluding hydrogens is 277 g/mol. The average Bonchev–Trinajstić information content (AvgIpc) is 2.81. The molecule has 0 N–H and O–H groups in total. The fourth-order valence-corrected chi connectivity index (χ4v) is 2.19. The highest BCUT2D eigenvalue weighted by atomic mass is 32.1. The summed E-state index contributed by atoms with van der Waals surface area (Å²) in [6, 6.07) is 8.14. The van der Waals surface area contributed by atoms with Gasteiger partial charge in [0.25, 0.3) is 0 Å². The van der Waals surface area contributed by atoms with Crippen molar-refractivity contribution in [3.8, 4) is 5.75 Å². The lowest BCUT2D eigenvalue weighted by atomic mass is 10.2. The summed E-state index contributed by atoms with van der Waals surface area (Å²) in [5, 5.41) is 1.78. The number of esters is 1. The zero-order valence-electron chi connectivity index (χ0n) is 9.61. The highest BCUT2D eigenvalue weighted by molar-refractivity contribution is 7.10. The van der Waals surface area contributed by atoms with Crippen LogP contribution in [-0.2, 0) is 17.4 Å². The van der Waals surface area contributed by atoms with Gasteiger partial charge in [-0.05, 0) is 23.6 Å². The predicted molar refractivity (Wildman–Crippen MR) is 65.1 cm³/mol. The van der Waals surface area contributed by atoms with E-state index in [1.165, 1.54) is 23.5 Å². The molecule has 100 valence electrons. The second kappa shape index (κ2) is 5.44. The first kappa shape index (κ1) is 13.6. The molecule has 2 nitrogen and oxygen atoms in total. The third-order valence-electron chi connectivity index (χ3n) is 2.31. The summed E-state index contributed by atoms with van der Waals surface area (Å²) in [4.78, 5) is 12.3. The number of carbonyl (C=O) groups is 1. The molecule has 0 saturated heterocycles. The van der Waals surface area contributed by atoms with Crippen LogP contribution in [0.3, 0.4) is 0 Å². The monoisotopic (exact) mass is 286 g/mol. The van der Waals surface area contributed by atoms with Gasteiger partial charge in [0.05, 0.1) is 12.0 Å². The van der Waals surface area contributed by atoms with Gasteiger partial charge in [-0.25, -0.2) is 0 Å². The molecular formula is C13H9F3O2S. The van der Waals surface area contributed by atoms with Gasteiger partial charge in [0, 0.05) is 4.88 Å². The van der Waals surface area contributed by atoms with Crippen LogP contribution in [0.1, 0.15) is 10.4 Å². The lowest BCUT2D eigenvalue weighted by Gasteiger charge is -2.12. The molecule has 19 heavy (non-hydrogen) atoms. The van der Waals surface area contributed by atoms with Gasteiger partial charge in [0.2, 0.25) is 0 Å². The van der Waals surface area contributed by atoms with E-state index in [0.717, 1.165) is 17.0 Å². The molecule has 6 heteroatoms. The van der Waals surface area contributed by atoms with E-state index in [0.29, 0.717) is 0 Å². The van der Waals surface area contributed by atoms with Crippen LogP contribution >= 0.6 is 11.3 Å². The van der Waals surface area contributed by atoms with E-state index in [4.69, 9.17) is 4.74 Å². The number of carbonyl (C=O) groups excluding carboxylic acids is 1. The van der Waals surface area contributed by atoms with Crippen molar-refractivity contribution in [2.24, 2.45) is 0 Å². The van der Waals surface area contributed by atoms with Crippen LogP contribution in [0.5, 0.6) is 5.75 Å². The van der Waals surface area contributed by atoms with Gasteiger partial charge in [-0.3, -0.25) is 4.79 Å². The summed E-state index contributed by atoms with van der Waals surface area (Å²) in [5.41, 5.74) is -0.950. The van der Waals surface area contributed by atoms with Crippen LogP contribution in [0.25, 0.3) is 0 Å². The van der Waals surface area contributed by atoms with Crippen molar-refractivity contribution in [3.63, 3.8) is 0 Å². The number of benzene rings is 1. The van der Waals surface area contributed by atoms with Crippen molar-refractivity contribution in [3.05, 3.63) is 52.2 Å². The minimum absolute atomic E-state index is 0.0378. The van der Waals surface area contributed by atoms with E-state index in [1.807, 2.05) is 0 Å². The fourth-order valence-electron chi connectivity index (χ4n) is 1.50. The predicted octanol–water partition coefficient (Wildman–Crippen LogP) is 3.92. The Kier molecular flexibility index (Phi) is 3.90. The Morgan fingerprint density at radius 3 is 2.53 bits per heavy atom. The summed E-state index contributed by atoms with van der Waals surface area (Å²) in [7, 11) is 0. The molecule has 0 fully saturated rings. The van der Waals surface area contributed by atoms with E-state index < -0.39 is 23.5 Å². The third kappa shape index (κ3) is 3.57. The number of thiophene rings is 1. The van der Waals surface area contributed by atoms with Crippen LogP contribution < -0.4 is 4.74 Å². The van der Waals surface area contributed by atoms with E-state index in [9.17, 15) is 18.0 Å². The maximum atomic E-state index is 12.7. The highest BCUT2D eigenvalue weighted by Gasteiger charge is 2.34. The Bertz CT molecular complexity index is 562. The van der Waals surface area contributed by atoms with E-state index in [-0.39, 0.29) is 6.42 Å². The number of hydrogen-bond donors (Lipinski definition) is 0. The molecule has 1 heterocycles. The molecule has 1 aromatic carbocycles. The number of rotatable bonds is 3. The molecule has 0 atom stereocenters. The maximum absolute atomic E-state index is 12.7. The first-order chi connectivity index (χ1) is 8.97. The normalized spacial score (nSPS) is 11.3. The van der Waals surface area contributed by atoms with Gasteiger partial charge in [-0.2, -0.15) is 13.2 Å². The topological polar surface area (TPSA) is 26.3 Å². The Hall–Kier alpha value is -1.82. The molecule has 0 aliphatic heterocycles. The van der Waals surface area contributed by atoms with Gasteiger partial charge >= 0.3 is 12.1 Å². The van der Waals surface area contributed by atoms with Crippen molar-refractivity contribution < 1.29 is 22.7 Å². The van der Waals surface area contributed by atoms with Crippen molar-refractivity contribution >= 4 is 17.3 Å². The Balaban J connectivity index is 2.13. The van der Waals surface area contributed by atoms with Crippen molar-refractivity contribution in [1.82, 2.24) is 0 Å². The molecule has 0 unspecified atom stereocenters. The highest BCUT2D eigenvalue weighted by Crippen LogP contribution is 2.36. The molecule has 0 bridgehead atoms. The zero-order chi connectivity index (χ0) is 13.9. The SMILES string of the molecule is O=C(Cc1cccs1)Oc1ccccc1C(F)(F)F. The van der Waals surface area contributed by atoms with Crippen LogP contribution in [0.15, 0.2) is 41.8 Å². The van der Waals surface area contributed by atoms with Crippen LogP contribution in [0.2, 0.25) is 0 Å². The first-order valence-electron chi connectivity index (χ1n) is 5.36. The number of ether oxygens (including phenoxy) is 1. The second-order valence-corrected chi connectivity index (χ2v) is 4.76. The molecule has 1 aromatic heterocycles. The van der Waals surface area contributed by atoms with Gasteiger partial charge in [-0.1, -0.05) is 18.2 Å². The molecule has 0 aliphatic rings. The number of alkyl halides is 3. The van der Waals surface area contributed by atoms with Gasteiger partial charge < -0.3 is 4.74 Å². The van der Waals surface area contributed by atoms with E-state index in [2.05, 4.69) is 0 Å². The Morgan fingerprint density at radius 1 is 1.16 bits per heavy atom. The first-order valence-corrected chi connectivity index (χ1v) is 6.24. The average molecular weight is 286 g/mol. The lowest BCUT2D eigenvalue weighted by Crippen LogP contribution is -2.14. The van der Waals surface area contributed by atoms with Crippen LogP contribution in [-0.4, -0.2) is 5.97 Å². The fraction of sp³-hybridized carbons (Fsp3) is 0.154. The molecule has 0 amide bonds. The van der Waals surface area contributed by atoms with Crippen molar-refractivity contribution in [2.75, 3.05) is 0 Å². The maximum Gasteiger partial charge on any atom is 0.419 e. The van der Waals surface area contributed by atoms with Crippen molar-refractivity contribution in [2.45, 2.75) is 12.6 Å². The molecule has 0 spiro atoms. The third-order valence-corrected chi connectivity index (χ3v) is 3.19. The van der Waals surface area contributed by atoms with Crippen LogP contribution in [0.4, 0.5) is 13.2 Å². The Morgan fingerprint density at radius 2 is 1.89 bits per heavy atom. The molecule has 0 saturated carbocycles. The molecule has 0 aliphatic carbocycles. The summed E-state index contributed by atoms with van der Waals surface area (Å²) in [5.74, 6) is -1.17. The molecule has 2 aromatic rings. The summed E-state index contributed by atoms with van der Waals surface area (Å²) in [6.45, 7) is 0.